The molecule has 0 aliphatic heterocycles. The summed E-state index contributed by atoms with van der Waals surface area (Å²) in [5.74, 6) is -4.68. The summed E-state index contributed by atoms with van der Waals surface area (Å²) in [5.41, 5.74) is -3.57. The van der Waals surface area contributed by atoms with Gasteiger partial charge in [-0.25, -0.2) is 4.79 Å². The van der Waals surface area contributed by atoms with Crippen molar-refractivity contribution in [1.82, 2.24) is 10.6 Å². The molecule has 0 saturated carbocycles. The van der Waals surface area contributed by atoms with Crippen LogP contribution in [-0.4, -0.2) is 40.1 Å². The van der Waals surface area contributed by atoms with Gasteiger partial charge in [0.25, 0.3) is 0 Å². The van der Waals surface area contributed by atoms with Crippen molar-refractivity contribution in [2.45, 2.75) is 44.9 Å². The molecule has 0 atom stereocenters. The van der Waals surface area contributed by atoms with E-state index < -0.39 is 35.0 Å². The highest BCUT2D eigenvalue weighted by atomic mass is 19.4. The molecular formula is C10H15F3N2O4. The summed E-state index contributed by atoms with van der Waals surface area (Å²) in [6.07, 6.45) is -5.13. The van der Waals surface area contributed by atoms with Crippen LogP contribution in [0.3, 0.4) is 0 Å². The number of hydrogen-bond donors (Lipinski definition) is 3. The first-order valence-corrected chi connectivity index (χ1v) is 5.15. The lowest BCUT2D eigenvalue weighted by Crippen LogP contribution is -2.62. The van der Waals surface area contributed by atoms with Crippen LogP contribution in [0, 0.1) is 0 Å². The Morgan fingerprint density at radius 2 is 1.21 bits per heavy atom. The second-order valence-corrected chi connectivity index (χ2v) is 4.96. The number of carboxylic acids is 1. The maximum absolute atomic E-state index is 12.1. The molecule has 0 aliphatic rings. The zero-order valence-corrected chi connectivity index (χ0v) is 10.8. The Morgan fingerprint density at radius 1 is 0.842 bits per heavy atom. The van der Waals surface area contributed by atoms with E-state index in [9.17, 15) is 27.6 Å². The molecule has 0 spiro atoms. The van der Waals surface area contributed by atoms with Crippen molar-refractivity contribution in [2.24, 2.45) is 0 Å². The summed E-state index contributed by atoms with van der Waals surface area (Å²) in [4.78, 5) is 33.2. The topological polar surface area (TPSA) is 95.5 Å². The van der Waals surface area contributed by atoms with Crippen molar-refractivity contribution in [3.05, 3.63) is 0 Å². The number of carbonyl (C=O) groups excluding carboxylic acids is 2. The van der Waals surface area contributed by atoms with Gasteiger partial charge in [0.15, 0.2) is 0 Å². The van der Waals surface area contributed by atoms with Crippen LogP contribution in [0.1, 0.15) is 27.7 Å². The standard InChI is InChI=1S/C10H15F3N2O4/c1-8(2,15-6(17)10(11,12)13)5(16)14-9(3,4)7(18)19/h1-4H3,(H,14,16)(H,15,17)(H,18,19). The van der Waals surface area contributed by atoms with Crippen LogP contribution < -0.4 is 10.6 Å². The Labute approximate surface area is 107 Å². The molecule has 6 nitrogen and oxygen atoms in total. The van der Waals surface area contributed by atoms with Crippen LogP contribution in [0.5, 0.6) is 0 Å². The first kappa shape index (κ1) is 17.2. The summed E-state index contributed by atoms with van der Waals surface area (Å²) in [6, 6.07) is 0. The SMILES string of the molecule is CC(C)(NC(=O)C(C)(C)NC(=O)C(F)(F)F)C(=O)O. The Balaban J connectivity index is 4.89. The third kappa shape index (κ3) is 4.76. The van der Waals surface area contributed by atoms with E-state index >= 15 is 0 Å². The van der Waals surface area contributed by atoms with Gasteiger partial charge in [-0.1, -0.05) is 0 Å². The molecule has 0 saturated heterocycles. The second kappa shape index (κ2) is 5.06. The minimum Gasteiger partial charge on any atom is -0.480 e. The Bertz CT molecular complexity index is 402. The number of carboxylic acid groups (broad SMARTS) is 1. The second-order valence-electron chi connectivity index (χ2n) is 4.96. The molecule has 0 bridgehead atoms. The fraction of sp³-hybridized carbons (Fsp3) is 0.700. The van der Waals surface area contributed by atoms with E-state index in [0.29, 0.717) is 0 Å². The monoisotopic (exact) mass is 284 g/mol. The number of alkyl halides is 3. The minimum absolute atomic E-state index is 1.03. The lowest BCUT2D eigenvalue weighted by molar-refractivity contribution is -0.176. The maximum atomic E-state index is 12.1. The highest BCUT2D eigenvalue weighted by molar-refractivity contribution is 5.95. The smallest absolute Gasteiger partial charge is 0.471 e. The fourth-order valence-corrected chi connectivity index (χ4v) is 0.905. The highest BCUT2D eigenvalue weighted by Crippen LogP contribution is 2.17. The van der Waals surface area contributed by atoms with Gasteiger partial charge >= 0.3 is 18.1 Å². The van der Waals surface area contributed by atoms with Crippen LogP contribution in [0.2, 0.25) is 0 Å². The van der Waals surface area contributed by atoms with Crippen molar-refractivity contribution in [2.75, 3.05) is 0 Å². The summed E-state index contributed by atoms with van der Waals surface area (Å²) >= 11 is 0. The Hall–Kier alpha value is -1.80. The normalized spacial score (nSPS) is 12.8. The molecule has 3 N–H and O–H groups in total. The summed E-state index contributed by atoms with van der Waals surface area (Å²) < 4.78 is 36.2. The van der Waals surface area contributed by atoms with Gasteiger partial charge in [-0.15, -0.1) is 0 Å². The van der Waals surface area contributed by atoms with E-state index in [0.717, 1.165) is 27.7 Å². The predicted octanol–water partition coefficient (Wildman–Crippen LogP) is 0.423. The summed E-state index contributed by atoms with van der Waals surface area (Å²) in [6.45, 7) is 4.39. The zero-order chi connectivity index (χ0) is 15.6. The molecule has 0 fully saturated rings. The number of nitrogens with one attached hydrogen (secondary N) is 2. The molecule has 2 amide bonds. The summed E-state index contributed by atoms with van der Waals surface area (Å²) in [7, 11) is 0. The van der Waals surface area contributed by atoms with Crippen molar-refractivity contribution in [3.8, 4) is 0 Å². The fourth-order valence-electron chi connectivity index (χ4n) is 0.905. The molecule has 0 unspecified atom stereocenters. The van der Waals surface area contributed by atoms with Gasteiger partial charge in [0.05, 0.1) is 0 Å². The predicted molar refractivity (Wildman–Crippen MR) is 58.1 cm³/mol. The van der Waals surface area contributed by atoms with Crippen LogP contribution in [-0.2, 0) is 14.4 Å². The van der Waals surface area contributed by atoms with E-state index in [-0.39, 0.29) is 0 Å². The van der Waals surface area contributed by atoms with Crippen molar-refractivity contribution < 1.29 is 32.7 Å². The molecule has 0 aromatic carbocycles. The molecule has 19 heavy (non-hydrogen) atoms. The first-order valence-electron chi connectivity index (χ1n) is 5.15. The molecule has 0 heterocycles. The summed E-state index contributed by atoms with van der Waals surface area (Å²) in [5, 5.41) is 12.3. The third-order valence-electron chi connectivity index (χ3n) is 2.21. The van der Waals surface area contributed by atoms with E-state index in [1.165, 1.54) is 5.32 Å². The molecule has 9 heteroatoms. The average molecular weight is 284 g/mol. The lowest BCUT2D eigenvalue weighted by atomic mass is 10.00. The van der Waals surface area contributed by atoms with Crippen molar-refractivity contribution in [1.29, 1.82) is 0 Å². The van der Waals surface area contributed by atoms with Crippen LogP contribution in [0.4, 0.5) is 13.2 Å². The van der Waals surface area contributed by atoms with Gasteiger partial charge in [0.2, 0.25) is 5.91 Å². The number of hydrogen-bond acceptors (Lipinski definition) is 3. The lowest BCUT2D eigenvalue weighted by Gasteiger charge is -2.30. The number of aliphatic carboxylic acids is 1. The van der Waals surface area contributed by atoms with Gasteiger partial charge in [-0.3, -0.25) is 9.59 Å². The van der Waals surface area contributed by atoms with Crippen molar-refractivity contribution >= 4 is 17.8 Å². The van der Waals surface area contributed by atoms with E-state index in [1.807, 2.05) is 5.32 Å². The maximum Gasteiger partial charge on any atom is 0.471 e. The van der Waals surface area contributed by atoms with Crippen LogP contribution in [0.15, 0.2) is 0 Å². The van der Waals surface area contributed by atoms with Gasteiger partial charge < -0.3 is 15.7 Å². The molecule has 0 aromatic rings. The molecule has 0 aromatic heterocycles. The quantitative estimate of drug-likeness (QED) is 0.697. The average Bonchev–Trinajstić information content (AvgIpc) is 2.14. The third-order valence-corrected chi connectivity index (χ3v) is 2.21. The molecule has 0 radical (unpaired) electrons. The molecule has 0 aliphatic carbocycles. The molecule has 110 valence electrons. The number of halogens is 3. The number of carbonyl (C=O) groups is 3. The number of amides is 2. The van der Waals surface area contributed by atoms with Crippen LogP contribution >= 0.6 is 0 Å². The Morgan fingerprint density at radius 3 is 1.53 bits per heavy atom. The van der Waals surface area contributed by atoms with E-state index in [4.69, 9.17) is 5.11 Å². The Kier molecular flexibility index (Phi) is 4.58. The first-order chi connectivity index (χ1) is 8.20. The molecular weight excluding hydrogens is 269 g/mol. The number of rotatable bonds is 4. The zero-order valence-electron chi connectivity index (χ0n) is 10.8. The van der Waals surface area contributed by atoms with Gasteiger partial charge in [-0.05, 0) is 27.7 Å². The van der Waals surface area contributed by atoms with E-state index in [2.05, 4.69) is 0 Å². The molecule has 0 rings (SSSR count). The van der Waals surface area contributed by atoms with Crippen molar-refractivity contribution in [3.63, 3.8) is 0 Å². The highest BCUT2D eigenvalue weighted by Gasteiger charge is 2.44. The van der Waals surface area contributed by atoms with Crippen LogP contribution in [0.25, 0.3) is 0 Å². The van der Waals surface area contributed by atoms with Gasteiger partial charge in [-0.2, -0.15) is 13.2 Å². The van der Waals surface area contributed by atoms with E-state index in [1.54, 1.807) is 0 Å². The van der Waals surface area contributed by atoms with Gasteiger partial charge in [0.1, 0.15) is 11.1 Å². The minimum atomic E-state index is -5.13. The van der Waals surface area contributed by atoms with Gasteiger partial charge in [0, 0.05) is 0 Å². The largest absolute Gasteiger partial charge is 0.480 e.